The molecule has 0 spiro atoms. The SMILES string of the molecule is CC(=O)NCC1CCC(CNC(=O)NCc2ccccc2Cl)CC1. The van der Waals surface area contributed by atoms with E-state index in [2.05, 4.69) is 16.0 Å². The van der Waals surface area contributed by atoms with Crippen molar-refractivity contribution in [2.45, 2.75) is 39.2 Å². The zero-order valence-corrected chi connectivity index (χ0v) is 14.9. The molecule has 24 heavy (non-hydrogen) atoms. The molecule has 0 atom stereocenters. The standard InChI is InChI=1S/C18H26ClN3O2/c1-13(23)20-10-14-6-8-15(9-7-14)11-21-18(24)22-12-16-4-2-3-5-17(16)19/h2-5,14-15H,6-12H2,1H3,(H,20,23)(H2,21,22,24). The van der Waals surface area contributed by atoms with Gasteiger partial charge in [0.25, 0.3) is 0 Å². The van der Waals surface area contributed by atoms with Gasteiger partial charge in [-0.2, -0.15) is 0 Å². The van der Waals surface area contributed by atoms with E-state index < -0.39 is 0 Å². The summed E-state index contributed by atoms with van der Waals surface area (Å²) in [4.78, 5) is 22.8. The van der Waals surface area contributed by atoms with E-state index in [0.29, 0.717) is 29.9 Å². The highest BCUT2D eigenvalue weighted by Gasteiger charge is 2.21. The summed E-state index contributed by atoms with van der Waals surface area (Å²) in [5.41, 5.74) is 0.910. The number of hydrogen-bond donors (Lipinski definition) is 3. The molecule has 3 N–H and O–H groups in total. The molecule has 0 saturated heterocycles. The van der Waals surface area contributed by atoms with Crippen molar-refractivity contribution < 1.29 is 9.59 Å². The Bertz CT molecular complexity index is 557. The Morgan fingerprint density at radius 3 is 2.17 bits per heavy atom. The first-order valence-corrected chi connectivity index (χ1v) is 8.92. The van der Waals surface area contributed by atoms with Crippen molar-refractivity contribution in [2.24, 2.45) is 11.8 Å². The van der Waals surface area contributed by atoms with E-state index in [4.69, 9.17) is 11.6 Å². The van der Waals surface area contributed by atoms with E-state index in [1.165, 1.54) is 0 Å². The van der Waals surface area contributed by atoms with Crippen molar-refractivity contribution >= 4 is 23.5 Å². The van der Waals surface area contributed by atoms with Gasteiger partial charge in [-0.1, -0.05) is 29.8 Å². The molecule has 5 nitrogen and oxygen atoms in total. The second-order valence-electron chi connectivity index (χ2n) is 6.48. The maximum absolute atomic E-state index is 11.9. The van der Waals surface area contributed by atoms with Crippen LogP contribution in [-0.4, -0.2) is 25.0 Å². The summed E-state index contributed by atoms with van der Waals surface area (Å²) >= 11 is 6.07. The highest BCUT2D eigenvalue weighted by Crippen LogP contribution is 2.27. The largest absolute Gasteiger partial charge is 0.356 e. The number of hydrogen-bond acceptors (Lipinski definition) is 2. The Hall–Kier alpha value is -1.75. The highest BCUT2D eigenvalue weighted by atomic mass is 35.5. The molecule has 0 radical (unpaired) electrons. The fraction of sp³-hybridized carbons (Fsp3) is 0.556. The van der Waals surface area contributed by atoms with Crippen molar-refractivity contribution in [3.05, 3.63) is 34.9 Å². The average Bonchev–Trinajstić information content (AvgIpc) is 2.58. The van der Waals surface area contributed by atoms with Crippen LogP contribution in [0.3, 0.4) is 0 Å². The van der Waals surface area contributed by atoms with Crippen LogP contribution in [0.1, 0.15) is 38.2 Å². The van der Waals surface area contributed by atoms with Gasteiger partial charge in [0.15, 0.2) is 0 Å². The molecule has 1 fully saturated rings. The molecule has 132 valence electrons. The Morgan fingerprint density at radius 1 is 1.00 bits per heavy atom. The van der Waals surface area contributed by atoms with E-state index >= 15 is 0 Å². The first kappa shape index (κ1) is 18.6. The molecule has 6 heteroatoms. The molecule has 2 rings (SSSR count). The third-order valence-electron chi connectivity index (χ3n) is 4.55. The molecule has 0 unspecified atom stereocenters. The second-order valence-corrected chi connectivity index (χ2v) is 6.89. The van der Waals surface area contributed by atoms with Crippen LogP contribution in [0.4, 0.5) is 4.79 Å². The van der Waals surface area contributed by atoms with Crippen LogP contribution in [0.15, 0.2) is 24.3 Å². The molecule has 3 amide bonds. The zero-order valence-electron chi connectivity index (χ0n) is 14.1. The zero-order chi connectivity index (χ0) is 17.4. The third kappa shape index (κ3) is 6.40. The normalized spacial score (nSPS) is 20.2. The first-order chi connectivity index (χ1) is 11.5. The molecule has 1 aromatic carbocycles. The number of amides is 3. The summed E-state index contributed by atoms with van der Waals surface area (Å²) in [5, 5.41) is 9.33. The third-order valence-corrected chi connectivity index (χ3v) is 4.92. The van der Waals surface area contributed by atoms with Gasteiger partial charge in [-0.3, -0.25) is 4.79 Å². The molecule has 0 heterocycles. The van der Waals surface area contributed by atoms with Crippen molar-refractivity contribution in [1.82, 2.24) is 16.0 Å². The monoisotopic (exact) mass is 351 g/mol. The molecular weight excluding hydrogens is 326 g/mol. The number of carbonyl (C=O) groups is 2. The van der Waals surface area contributed by atoms with Crippen molar-refractivity contribution in [3.8, 4) is 0 Å². The highest BCUT2D eigenvalue weighted by molar-refractivity contribution is 6.31. The van der Waals surface area contributed by atoms with Gasteiger partial charge < -0.3 is 16.0 Å². The summed E-state index contributed by atoms with van der Waals surface area (Å²) in [6.07, 6.45) is 4.39. The minimum Gasteiger partial charge on any atom is -0.356 e. The van der Waals surface area contributed by atoms with Gasteiger partial charge in [-0.15, -0.1) is 0 Å². The van der Waals surface area contributed by atoms with Crippen molar-refractivity contribution in [1.29, 1.82) is 0 Å². The lowest BCUT2D eigenvalue weighted by molar-refractivity contribution is -0.119. The molecule has 0 bridgehead atoms. The van der Waals surface area contributed by atoms with E-state index in [9.17, 15) is 9.59 Å². The summed E-state index contributed by atoms with van der Waals surface area (Å²) < 4.78 is 0. The predicted molar refractivity (Wildman–Crippen MR) is 95.8 cm³/mol. The Balaban J connectivity index is 1.61. The minimum absolute atomic E-state index is 0.0361. The van der Waals surface area contributed by atoms with Crippen LogP contribution in [0.5, 0.6) is 0 Å². The smallest absolute Gasteiger partial charge is 0.315 e. The Kier molecular flexibility index (Phi) is 7.37. The molecule has 1 aromatic rings. The lowest BCUT2D eigenvalue weighted by atomic mass is 9.82. The fourth-order valence-corrected chi connectivity index (χ4v) is 3.25. The maximum Gasteiger partial charge on any atom is 0.315 e. The number of urea groups is 1. The summed E-state index contributed by atoms with van der Waals surface area (Å²) in [6.45, 7) is 3.45. The number of carbonyl (C=O) groups excluding carboxylic acids is 2. The second kappa shape index (κ2) is 9.52. The van der Waals surface area contributed by atoms with E-state index in [1.54, 1.807) is 6.92 Å². The molecule has 0 aliphatic heterocycles. The van der Waals surface area contributed by atoms with Gasteiger partial charge in [0.1, 0.15) is 0 Å². The lowest BCUT2D eigenvalue weighted by Crippen LogP contribution is -2.39. The van der Waals surface area contributed by atoms with Crippen LogP contribution in [0, 0.1) is 11.8 Å². The quantitative estimate of drug-likeness (QED) is 0.737. The maximum atomic E-state index is 11.9. The lowest BCUT2D eigenvalue weighted by Gasteiger charge is -2.28. The van der Waals surface area contributed by atoms with E-state index in [1.807, 2.05) is 24.3 Å². The molecular formula is C18H26ClN3O2. The van der Waals surface area contributed by atoms with Gasteiger partial charge in [0.2, 0.25) is 5.91 Å². The topological polar surface area (TPSA) is 70.2 Å². The van der Waals surface area contributed by atoms with Gasteiger partial charge in [-0.05, 0) is 49.1 Å². The molecule has 0 aromatic heterocycles. The summed E-state index contributed by atoms with van der Waals surface area (Å²) in [7, 11) is 0. The van der Waals surface area contributed by atoms with Crippen molar-refractivity contribution in [2.75, 3.05) is 13.1 Å². The molecule has 1 saturated carbocycles. The van der Waals surface area contributed by atoms with E-state index in [-0.39, 0.29) is 11.9 Å². The number of benzene rings is 1. The predicted octanol–water partition coefficient (Wildman–Crippen LogP) is 3.08. The fourth-order valence-electron chi connectivity index (χ4n) is 3.04. The number of nitrogens with one attached hydrogen (secondary N) is 3. The summed E-state index contributed by atoms with van der Waals surface area (Å²) in [5.74, 6) is 1.12. The van der Waals surface area contributed by atoms with E-state index in [0.717, 1.165) is 37.8 Å². The van der Waals surface area contributed by atoms with Crippen LogP contribution in [-0.2, 0) is 11.3 Å². The molecule has 1 aliphatic rings. The van der Waals surface area contributed by atoms with Crippen LogP contribution in [0.2, 0.25) is 5.02 Å². The Morgan fingerprint density at radius 2 is 1.58 bits per heavy atom. The molecule has 1 aliphatic carbocycles. The minimum atomic E-state index is -0.157. The van der Waals surface area contributed by atoms with Crippen LogP contribution >= 0.6 is 11.6 Å². The van der Waals surface area contributed by atoms with Crippen LogP contribution in [0.25, 0.3) is 0 Å². The Labute approximate surface area is 148 Å². The number of halogens is 1. The van der Waals surface area contributed by atoms with Crippen LogP contribution < -0.4 is 16.0 Å². The van der Waals surface area contributed by atoms with Gasteiger partial charge in [0.05, 0.1) is 0 Å². The first-order valence-electron chi connectivity index (χ1n) is 8.54. The average molecular weight is 352 g/mol. The van der Waals surface area contributed by atoms with Crippen molar-refractivity contribution in [3.63, 3.8) is 0 Å². The summed E-state index contributed by atoms with van der Waals surface area (Å²) in [6, 6.07) is 7.33. The van der Waals surface area contributed by atoms with Gasteiger partial charge >= 0.3 is 6.03 Å². The van der Waals surface area contributed by atoms with Gasteiger partial charge in [-0.25, -0.2) is 4.79 Å². The van der Waals surface area contributed by atoms with Gasteiger partial charge in [0, 0.05) is 31.6 Å². The number of rotatable bonds is 6.